The average molecular weight is 453 g/mol. The van der Waals surface area contributed by atoms with Crippen LogP contribution in [0.5, 0.6) is 0 Å². The third kappa shape index (κ3) is 4.11. The van der Waals surface area contributed by atoms with E-state index in [1.54, 1.807) is 13.0 Å². The highest BCUT2D eigenvalue weighted by atomic mass is 19.1. The normalized spacial score (nSPS) is 12.1. The largest absolute Gasteiger partial charge is 0.463 e. The minimum absolute atomic E-state index is 0.0166. The monoisotopic (exact) mass is 453 g/mol. The summed E-state index contributed by atoms with van der Waals surface area (Å²) in [5.41, 5.74) is 2.44. The molecule has 0 bridgehead atoms. The Morgan fingerprint density at radius 3 is 2.58 bits per heavy atom. The first-order valence-electron chi connectivity index (χ1n) is 10.2. The summed E-state index contributed by atoms with van der Waals surface area (Å²) >= 11 is 0. The number of ether oxygens (including phenoxy) is 1. The number of hydrogen-bond acceptors (Lipinski definition) is 6. The number of carbonyl (C=O) groups excluding carboxylic acids is 1. The molecule has 0 unspecified atom stereocenters. The third-order valence-electron chi connectivity index (χ3n) is 5.37. The summed E-state index contributed by atoms with van der Waals surface area (Å²) < 4.78 is 43.8. The van der Waals surface area contributed by atoms with Crippen LogP contribution in [0.3, 0.4) is 0 Å². The Hall–Kier alpha value is -3.94. The Bertz CT molecular complexity index is 1440. The van der Waals surface area contributed by atoms with Crippen molar-refractivity contribution in [1.29, 1.82) is 0 Å². The molecule has 0 aliphatic carbocycles. The van der Waals surface area contributed by atoms with Gasteiger partial charge < -0.3 is 18.9 Å². The number of fused-ring (bicyclic) bond motifs is 1. The van der Waals surface area contributed by atoms with Gasteiger partial charge in [0.25, 0.3) is 0 Å². The highest BCUT2D eigenvalue weighted by Crippen LogP contribution is 2.33. The summed E-state index contributed by atoms with van der Waals surface area (Å²) in [5.74, 6) is -2.20. The second-order valence-corrected chi connectivity index (χ2v) is 7.81. The first-order chi connectivity index (χ1) is 15.7. The van der Waals surface area contributed by atoms with Gasteiger partial charge in [-0.15, -0.1) is 0 Å². The summed E-state index contributed by atoms with van der Waals surface area (Å²) in [6.45, 7) is 5.44. The van der Waals surface area contributed by atoms with Gasteiger partial charge in [-0.05, 0) is 44.5 Å². The Kier molecular flexibility index (Phi) is 5.76. The van der Waals surface area contributed by atoms with Gasteiger partial charge in [-0.3, -0.25) is 4.79 Å². The van der Waals surface area contributed by atoms with Gasteiger partial charge in [0.05, 0.1) is 36.1 Å². The fourth-order valence-corrected chi connectivity index (χ4v) is 3.74. The minimum Gasteiger partial charge on any atom is -0.463 e. The lowest BCUT2D eigenvalue weighted by molar-refractivity contribution is 0.0566. The number of nitrogens with one attached hydrogen (secondary N) is 1. The number of carbonyl (C=O) groups is 1. The van der Waals surface area contributed by atoms with Crippen LogP contribution in [0.15, 0.2) is 56.3 Å². The van der Waals surface area contributed by atoms with E-state index in [2.05, 4.69) is 5.32 Å². The maximum absolute atomic E-state index is 14.4. The number of methoxy groups -OCH3 is 1. The molecule has 0 aliphatic rings. The van der Waals surface area contributed by atoms with E-state index in [0.29, 0.717) is 22.2 Å². The number of furan rings is 1. The Morgan fingerprint density at radius 2 is 1.88 bits per heavy atom. The zero-order valence-electron chi connectivity index (χ0n) is 18.4. The lowest BCUT2D eigenvalue weighted by Gasteiger charge is -2.18. The Morgan fingerprint density at radius 1 is 1.12 bits per heavy atom. The maximum Gasteiger partial charge on any atom is 0.376 e. The molecule has 33 heavy (non-hydrogen) atoms. The summed E-state index contributed by atoms with van der Waals surface area (Å²) in [5, 5.41) is 3.55. The summed E-state index contributed by atoms with van der Waals surface area (Å²) in [6.07, 6.45) is 1.44. The fraction of sp³-hybridized carbons (Fsp3) is 0.200. The van der Waals surface area contributed by atoms with Crippen LogP contribution in [0, 0.1) is 25.5 Å². The van der Waals surface area contributed by atoms with Crippen LogP contribution in [-0.2, 0) is 4.74 Å². The van der Waals surface area contributed by atoms with Crippen LogP contribution >= 0.6 is 0 Å². The molecule has 2 aromatic carbocycles. The number of hydrogen-bond donors (Lipinski definition) is 1. The maximum atomic E-state index is 14.4. The number of aryl methyl sites for hydroxylation is 2. The highest BCUT2D eigenvalue weighted by Gasteiger charge is 2.23. The van der Waals surface area contributed by atoms with Crippen LogP contribution in [0.2, 0.25) is 0 Å². The molecule has 6 nitrogen and oxygen atoms in total. The van der Waals surface area contributed by atoms with Gasteiger partial charge in [-0.2, -0.15) is 0 Å². The highest BCUT2D eigenvalue weighted by molar-refractivity contribution is 5.93. The van der Waals surface area contributed by atoms with Crippen LogP contribution in [-0.4, -0.2) is 13.1 Å². The molecule has 0 aliphatic heterocycles. The van der Waals surface area contributed by atoms with E-state index >= 15 is 0 Å². The molecule has 8 heteroatoms. The fourth-order valence-electron chi connectivity index (χ4n) is 3.74. The van der Waals surface area contributed by atoms with E-state index < -0.39 is 23.6 Å². The molecule has 2 aromatic heterocycles. The topological polar surface area (TPSA) is 81.7 Å². The molecule has 0 amide bonds. The Balaban J connectivity index is 1.86. The molecule has 1 N–H and O–H groups in total. The smallest absolute Gasteiger partial charge is 0.376 e. The van der Waals surface area contributed by atoms with Gasteiger partial charge in [0.1, 0.15) is 23.0 Å². The van der Waals surface area contributed by atoms with E-state index in [9.17, 15) is 18.4 Å². The van der Waals surface area contributed by atoms with E-state index in [4.69, 9.17) is 13.6 Å². The zero-order chi connectivity index (χ0) is 23.9. The molecule has 0 saturated carbocycles. The summed E-state index contributed by atoms with van der Waals surface area (Å²) in [7, 11) is 1.26. The predicted molar refractivity (Wildman–Crippen MR) is 119 cm³/mol. The SMILES string of the molecule is COC(=O)c1occ(C)c1N[C@H](C)c1cc(C)cc2c(=O)cc(-c3ccc(F)cc3F)oc12. The summed E-state index contributed by atoms with van der Waals surface area (Å²) in [6, 6.07) is 7.32. The van der Waals surface area contributed by atoms with Crippen molar-refractivity contribution >= 4 is 22.6 Å². The zero-order valence-corrected chi connectivity index (χ0v) is 18.4. The molecule has 170 valence electrons. The lowest BCUT2D eigenvalue weighted by Crippen LogP contribution is -2.13. The lowest BCUT2D eigenvalue weighted by atomic mass is 10.00. The van der Waals surface area contributed by atoms with Gasteiger partial charge in [0.2, 0.25) is 5.76 Å². The van der Waals surface area contributed by atoms with E-state index in [1.165, 1.54) is 25.5 Å². The van der Waals surface area contributed by atoms with Crippen molar-refractivity contribution in [3.05, 3.63) is 87.0 Å². The number of benzene rings is 2. The van der Waals surface area contributed by atoms with Crippen LogP contribution in [0.4, 0.5) is 14.5 Å². The average Bonchev–Trinajstić information content (AvgIpc) is 3.13. The van der Waals surface area contributed by atoms with E-state index in [1.807, 2.05) is 19.9 Å². The van der Waals surface area contributed by atoms with Crippen molar-refractivity contribution in [2.24, 2.45) is 0 Å². The molecular formula is C25H21F2NO5. The van der Waals surface area contributed by atoms with Gasteiger partial charge in [0.15, 0.2) is 5.43 Å². The van der Waals surface area contributed by atoms with Crippen molar-refractivity contribution in [2.75, 3.05) is 12.4 Å². The molecule has 0 spiro atoms. The molecule has 4 rings (SSSR count). The predicted octanol–water partition coefficient (Wildman–Crippen LogP) is 5.91. The van der Waals surface area contributed by atoms with Crippen molar-refractivity contribution in [2.45, 2.75) is 26.8 Å². The van der Waals surface area contributed by atoms with Crippen molar-refractivity contribution in [3.63, 3.8) is 0 Å². The molecule has 0 saturated heterocycles. The van der Waals surface area contributed by atoms with Crippen LogP contribution in [0.25, 0.3) is 22.3 Å². The van der Waals surface area contributed by atoms with Gasteiger partial charge in [-0.25, -0.2) is 13.6 Å². The van der Waals surface area contributed by atoms with E-state index in [0.717, 1.165) is 17.7 Å². The molecule has 4 aromatic rings. The van der Waals surface area contributed by atoms with Crippen molar-refractivity contribution in [3.8, 4) is 11.3 Å². The molecule has 0 radical (unpaired) electrons. The number of esters is 1. The van der Waals surface area contributed by atoms with Gasteiger partial charge >= 0.3 is 5.97 Å². The number of halogens is 2. The van der Waals surface area contributed by atoms with Crippen molar-refractivity contribution in [1.82, 2.24) is 0 Å². The minimum atomic E-state index is -0.839. The van der Waals surface area contributed by atoms with Crippen LogP contribution in [0.1, 0.15) is 40.2 Å². The standard InChI is InChI=1S/C25H21F2NO5/c1-12-7-17(14(3)28-22-13(2)11-32-24(22)25(30)31-4)23-18(8-12)20(29)10-21(33-23)16-6-5-15(26)9-19(16)27/h5-11,14,28H,1-4H3/t14-/m1/s1. The Labute approximate surface area is 187 Å². The first-order valence-corrected chi connectivity index (χ1v) is 10.2. The number of rotatable bonds is 5. The number of anilines is 1. The second-order valence-electron chi connectivity index (χ2n) is 7.81. The first kappa shape index (κ1) is 22.3. The quantitative estimate of drug-likeness (QED) is 0.379. The molecule has 0 fully saturated rings. The third-order valence-corrected chi connectivity index (χ3v) is 5.37. The van der Waals surface area contributed by atoms with E-state index in [-0.39, 0.29) is 28.1 Å². The van der Waals surface area contributed by atoms with Crippen molar-refractivity contribution < 1.29 is 27.1 Å². The van der Waals surface area contributed by atoms with Gasteiger partial charge in [0, 0.05) is 23.3 Å². The molecule has 2 heterocycles. The second kappa shape index (κ2) is 8.54. The van der Waals surface area contributed by atoms with Gasteiger partial charge in [-0.1, -0.05) is 6.07 Å². The molecule has 1 atom stereocenters. The molecular weight excluding hydrogens is 432 g/mol. The van der Waals surface area contributed by atoms with Crippen LogP contribution < -0.4 is 10.7 Å². The summed E-state index contributed by atoms with van der Waals surface area (Å²) in [4.78, 5) is 24.9.